The van der Waals surface area contributed by atoms with E-state index in [4.69, 9.17) is 4.42 Å². The zero-order chi connectivity index (χ0) is 13.2. The molecule has 2 unspecified atom stereocenters. The van der Waals surface area contributed by atoms with Crippen LogP contribution in [-0.4, -0.2) is 11.0 Å². The maximum Gasteiger partial charge on any atom is 0.208 e. The quantitative estimate of drug-likeness (QED) is 0.888. The zero-order valence-electron chi connectivity index (χ0n) is 12.1. The third-order valence-electron chi connectivity index (χ3n) is 3.88. The number of hydrogen-bond acceptors (Lipinski definition) is 3. The van der Waals surface area contributed by atoms with Crippen LogP contribution in [0.5, 0.6) is 0 Å². The molecule has 0 radical (unpaired) electrons. The minimum Gasteiger partial charge on any atom is -0.444 e. The Morgan fingerprint density at radius 2 is 2.22 bits per heavy atom. The van der Waals surface area contributed by atoms with Crippen molar-refractivity contribution in [3.05, 3.63) is 17.8 Å². The predicted octanol–water partition coefficient (Wildman–Crippen LogP) is 3.54. The van der Waals surface area contributed by atoms with E-state index in [1.54, 1.807) is 0 Å². The van der Waals surface area contributed by atoms with Crippen molar-refractivity contribution in [2.45, 2.75) is 66.0 Å². The summed E-state index contributed by atoms with van der Waals surface area (Å²) in [6.07, 6.45) is 6.61. The minimum absolute atomic E-state index is 0.459. The Labute approximate surface area is 110 Å². The molecule has 1 aromatic rings. The van der Waals surface area contributed by atoms with Gasteiger partial charge in [-0.15, -0.1) is 0 Å². The number of hydrogen-bond donors (Lipinski definition) is 1. The van der Waals surface area contributed by atoms with Crippen LogP contribution < -0.4 is 5.32 Å². The van der Waals surface area contributed by atoms with E-state index in [-0.39, 0.29) is 0 Å². The van der Waals surface area contributed by atoms with E-state index >= 15 is 0 Å². The summed E-state index contributed by atoms with van der Waals surface area (Å²) in [5.41, 5.74) is 0.459. The molecular formula is C15H26N2O. The van der Waals surface area contributed by atoms with Crippen LogP contribution in [0.15, 0.2) is 10.6 Å². The molecule has 0 amide bonds. The van der Waals surface area contributed by atoms with E-state index in [1.807, 2.05) is 6.20 Å². The fourth-order valence-electron chi connectivity index (χ4n) is 3.33. The number of aromatic nitrogens is 1. The summed E-state index contributed by atoms with van der Waals surface area (Å²) in [6, 6.07) is 0.598. The van der Waals surface area contributed by atoms with Crippen molar-refractivity contribution >= 4 is 0 Å². The van der Waals surface area contributed by atoms with E-state index < -0.39 is 0 Å². The summed E-state index contributed by atoms with van der Waals surface area (Å²) < 4.78 is 5.63. The Hall–Kier alpha value is -0.830. The second-order valence-corrected chi connectivity index (χ2v) is 6.57. The maximum absolute atomic E-state index is 5.63. The Morgan fingerprint density at radius 1 is 1.44 bits per heavy atom. The molecule has 1 fully saturated rings. The molecule has 0 bridgehead atoms. The van der Waals surface area contributed by atoms with Crippen molar-refractivity contribution < 1.29 is 4.42 Å². The molecule has 102 valence electrons. The van der Waals surface area contributed by atoms with E-state index in [2.05, 4.69) is 38.0 Å². The second-order valence-electron chi connectivity index (χ2n) is 6.57. The van der Waals surface area contributed by atoms with Gasteiger partial charge in [0.2, 0.25) is 5.89 Å². The van der Waals surface area contributed by atoms with Crippen molar-refractivity contribution in [2.75, 3.05) is 0 Å². The smallest absolute Gasteiger partial charge is 0.208 e. The molecule has 3 nitrogen and oxygen atoms in total. The summed E-state index contributed by atoms with van der Waals surface area (Å²) in [5.74, 6) is 2.61. The fraction of sp³-hybridized carbons (Fsp3) is 0.800. The standard InChI is InChI=1S/C15H26N2O/c1-5-13-9-17-14(18-13)10-16-12-6-11(2)7-15(3,4)8-12/h9,11-12,16H,5-8,10H2,1-4H3. The van der Waals surface area contributed by atoms with Gasteiger partial charge in [-0.3, -0.25) is 0 Å². The Balaban J connectivity index is 1.86. The fourth-order valence-corrected chi connectivity index (χ4v) is 3.33. The summed E-state index contributed by atoms with van der Waals surface area (Å²) in [7, 11) is 0. The van der Waals surface area contributed by atoms with Crippen LogP contribution in [0.25, 0.3) is 0 Å². The van der Waals surface area contributed by atoms with E-state index in [9.17, 15) is 0 Å². The highest BCUT2D eigenvalue weighted by Gasteiger charge is 2.31. The molecular weight excluding hydrogens is 224 g/mol. The lowest BCUT2D eigenvalue weighted by Crippen LogP contribution is -2.39. The van der Waals surface area contributed by atoms with E-state index in [0.29, 0.717) is 11.5 Å². The van der Waals surface area contributed by atoms with Gasteiger partial charge in [-0.25, -0.2) is 4.98 Å². The molecule has 0 spiro atoms. The maximum atomic E-state index is 5.63. The normalized spacial score (nSPS) is 27.3. The molecule has 1 heterocycles. The molecule has 0 aromatic carbocycles. The van der Waals surface area contributed by atoms with Crippen molar-refractivity contribution in [1.82, 2.24) is 10.3 Å². The van der Waals surface area contributed by atoms with Gasteiger partial charge in [-0.05, 0) is 30.6 Å². The average molecular weight is 250 g/mol. The van der Waals surface area contributed by atoms with Gasteiger partial charge in [-0.2, -0.15) is 0 Å². The van der Waals surface area contributed by atoms with Crippen molar-refractivity contribution in [1.29, 1.82) is 0 Å². The van der Waals surface area contributed by atoms with Crippen LogP contribution in [0.3, 0.4) is 0 Å². The Kier molecular flexibility index (Phi) is 4.10. The van der Waals surface area contributed by atoms with Gasteiger partial charge in [0.05, 0.1) is 12.7 Å². The molecule has 0 aliphatic heterocycles. The summed E-state index contributed by atoms with van der Waals surface area (Å²) in [4.78, 5) is 4.30. The number of rotatable bonds is 4. The molecule has 3 heteroatoms. The lowest BCUT2D eigenvalue weighted by atomic mass is 9.70. The molecule has 0 saturated heterocycles. The number of oxazole rings is 1. The van der Waals surface area contributed by atoms with Crippen LogP contribution in [0.4, 0.5) is 0 Å². The summed E-state index contributed by atoms with van der Waals surface area (Å²) in [5, 5.41) is 3.61. The average Bonchev–Trinajstić information content (AvgIpc) is 2.71. The van der Waals surface area contributed by atoms with Gasteiger partial charge >= 0.3 is 0 Å². The first kappa shape index (κ1) is 13.6. The lowest BCUT2D eigenvalue weighted by Gasteiger charge is -2.39. The highest BCUT2D eigenvalue weighted by Crippen LogP contribution is 2.38. The Morgan fingerprint density at radius 3 is 2.83 bits per heavy atom. The van der Waals surface area contributed by atoms with Crippen LogP contribution >= 0.6 is 0 Å². The zero-order valence-corrected chi connectivity index (χ0v) is 12.1. The topological polar surface area (TPSA) is 38.1 Å². The monoisotopic (exact) mass is 250 g/mol. The summed E-state index contributed by atoms with van der Waals surface area (Å²) in [6.45, 7) is 9.95. The van der Waals surface area contributed by atoms with Gasteiger partial charge in [-0.1, -0.05) is 27.7 Å². The number of nitrogens with one attached hydrogen (secondary N) is 1. The minimum atomic E-state index is 0.459. The van der Waals surface area contributed by atoms with E-state index in [0.717, 1.165) is 30.5 Å². The number of nitrogens with zero attached hydrogens (tertiary/aromatic N) is 1. The van der Waals surface area contributed by atoms with Gasteiger partial charge in [0.25, 0.3) is 0 Å². The van der Waals surface area contributed by atoms with Gasteiger partial charge in [0, 0.05) is 12.5 Å². The largest absolute Gasteiger partial charge is 0.444 e. The lowest BCUT2D eigenvalue weighted by molar-refractivity contribution is 0.149. The number of aryl methyl sites for hydroxylation is 1. The van der Waals surface area contributed by atoms with Crippen molar-refractivity contribution in [3.8, 4) is 0 Å². The SMILES string of the molecule is CCc1cnc(CNC2CC(C)CC(C)(C)C2)o1. The highest BCUT2D eigenvalue weighted by molar-refractivity contribution is 4.94. The Bertz CT molecular complexity index is 384. The molecule has 1 aliphatic carbocycles. The molecule has 1 saturated carbocycles. The van der Waals surface area contributed by atoms with Crippen LogP contribution in [-0.2, 0) is 13.0 Å². The molecule has 2 atom stereocenters. The molecule has 1 N–H and O–H groups in total. The highest BCUT2D eigenvalue weighted by atomic mass is 16.4. The molecule has 2 rings (SSSR count). The molecule has 1 aliphatic rings. The van der Waals surface area contributed by atoms with Crippen molar-refractivity contribution in [2.24, 2.45) is 11.3 Å². The predicted molar refractivity (Wildman–Crippen MR) is 73.3 cm³/mol. The van der Waals surface area contributed by atoms with Crippen LogP contribution in [0.2, 0.25) is 0 Å². The molecule has 1 aromatic heterocycles. The van der Waals surface area contributed by atoms with E-state index in [1.165, 1.54) is 19.3 Å². The first-order chi connectivity index (χ1) is 8.48. The first-order valence-electron chi connectivity index (χ1n) is 7.15. The van der Waals surface area contributed by atoms with Crippen LogP contribution in [0.1, 0.15) is 58.6 Å². The van der Waals surface area contributed by atoms with Crippen molar-refractivity contribution in [3.63, 3.8) is 0 Å². The van der Waals surface area contributed by atoms with Gasteiger partial charge in [0.1, 0.15) is 5.76 Å². The second kappa shape index (κ2) is 5.43. The van der Waals surface area contributed by atoms with Gasteiger partial charge < -0.3 is 9.73 Å². The third-order valence-corrected chi connectivity index (χ3v) is 3.88. The van der Waals surface area contributed by atoms with Gasteiger partial charge in [0.15, 0.2) is 0 Å². The van der Waals surface area contributed by atoms with Crippen LogP contribution in [0, 0.1) is 11.3 Å². The molecule has 18 heavy (non-hydrogen) atoms. The third kappa shape index (κ3) is 3.58. The first-order valence-corrected chi connectivity index (χ1v) is 7.15. The summed E-state index contributed by atoms with van der Waals surface area (Å²) >= 11 is 0.